The molecule has 0 fully saturated rings. The number of nitrogens with two attached hydrogens (primary N) is 1. The van der Waals surface area contributed by atoms with E-state index in [9.17, 15) is 4.39 Å². The highest BCUT2D eigenvalue weighted by Crippen LogP contribution is 2.32. The van der Waals surface area contributed by atoms with Crippen molar-refractivity contribution in [2.45, 2.75) is 39.4 Å². The van der Waals surface area contributed by atoms with Gasteiger partial charge in [0, 0.05) is 24.8 Å². The Balaban J connectivity index is 2.92. The average Bonchev–Trinajstić information content (AvgIpc) is 2.66. The van der Waals surface area contributed by atoms with Crippen molar-refractivity contribution in [1.29, 1.82) is 0 Å². The van der Waals surface area contributed by atoms with Gasteiger partial charge in [0.2, 0.25) is 0 Å². The molecule has 1 atom stereocenters. The van der Waals surface area contributed by atoms with Crippen molar-refractivity contribution in [2.75, 3.05) is 6.54 Å². The predicted octanol–water partition coefficient (Wildman–Crippen LogP) is 2.07. The molecule has 0 amide bonds. The maximum Gasteiger partial charge on any atom is 0.153 e. The normalized spacial score (nSPS) is 15.6. The number of nitrogens with zero attached hydrogens (tertiary/aromatic N) is 2. The summed E-state index contributed by atoms with van der Waals surface area (Å²) in [5.41, 5.74) is 4.65. The number of aromatic nitrogens is 2. The molecule has 86 valence electrons. The number of aryl methyl sites for hydroxylation is 1. The third-order valence-electron chi connectivity index (χ3n) is 2.78. The topological polar surface area (TPSA) is 43.8 Å². The zero-order valence-corrected chi connectivity index (χ0v) is 9.70. The van der Waals surface area contributed by atoms with Crippen LogP contribution in [0.25, 0.3) is 0 Å². The Labute approximate surface area is 90.5 Å². The Bertz CT molecular complexity index is 309. The summed E-state index contributed by atoms with van der Waals surface area (Å²) < 4.78 is 16.2. The first-order valence-electron chi connectivity index (χ1n) is 5.46. The van der Waals surface area contributed by atoms with Crippen LogP contribution >= 0.6 is 0 Å². The molecule has 1 rings (SSSR count). The fraction of sp³-hybridized carbons (Fsp3) is 0.727. The van der Waals surface area contributed by atoms with E-state index in [1.165, 1.54) is 0 Å². The summed E-state index contributed by atoms with van der Waals surface area (Å²) in [7, 11) is 0. The Kier molecular flexibility index (Phi) is 3.85. The molecule has 0 aliphatic carbocycles. The van der Waals surface area contributed by atoms with Gasteiger partial charge in [-0.25, -0.2) is 4.39 Å². The van der Waals surface area contributed by atoms with Gasteiger partial charge in [-0.1, -0.05) is 20.8 Å². The lowest BCUT2D eigenvalue weighted by atomic mass is 9.87. The molecule has 0 aliphatic heterocycles. The molecular formula is C11H20FN3. The zero-order valence-electron chi connectivity index (χ0n) is 9.70. The van der Waals surface area contributed by atoms with Gasteiger partial charge in [0.25, 0.3) is 0 Å². The lowest BCUT2D eigenvalue weighted by Crippen LogP contribution is -2.35. The van der Waals surface area contributed by atoms with Crippen molar-refractivity contribution in [1.82, 2.24) is 9.78 Å². The molecule has 2 N–H and O–H groups in total. The maximum atomic E-state index is 14.5. The smallest absolute Gasteiger partial charge is 0.153 e. The minimum atomic E-state index is -1.45. The molecule has 1 aromatic rings. The van der Waals surface area contributed by atoms with Crippen molar-refractivity contribution >= 4 is 0 Å². The first-order chi connectivity index (χ1) is 7.04. The van der Waals surface area contributed by atoms with Crippen LogP contribution in [0.2, 0.25) is 0 Å². The third kappa shape index (κ3) is 2.37. The second-order valence-electron chi connectivity index (χ2n) is 4.21. The van der Waals surface area contributed by atoms with Crippen LogP contribution in [-0.2, 0) is 12.2 Å². The monoisotopic (exact) mass is 213 g/mol. The largest absolute Gasteiger partial charge is 0.327 e. The Hall–Kier alpha value is -0.900. The van der Waals surface area contributed by atoms with Crippen LogP contribution in [0.3, 0.4) is 0 Å². The second kappa shape index (κ2) is 4.75. The summed E-state index contributed by atoms with van der Waals surface area (Å²) in [6.07, 6.45) is 4.34. The second-order valence-corrected chi connectivity index (χ2v) is 4.21. The van der Waals surface area contributed by atoms with E-state index in [2.05, 4.69) is 12.0 Å². The zero-order chi connectivity index (χ0) is 11.5. The van der Waals surface area contributed by atoms with Crippen LogP contribution in [-0.4, -0.2) is 16.3 Å². The number of rotatable bonds is 5. The SMILES string of the molecule is CCCn1cc(C(F)(CN)C(C)C)cn1. The van der Waals surface area contributed by atoms with Crippen molar-refractivity contribution in [3.63, 3.8) is 0 Å². The highest BCUT2D eigenvalue weighted by Gasteiger charge is 2.35. The number of hydrogen-bond acceptors (Lipinski definition) is 2. The van der Waals surface area contributed by atoms with E-state index < -0.39 is 5.67 Å². The van der Waals surface area contributed by atoms with Gasteiger partial charge in [-0.05, 0) is 12.3 Å². The van der Waals surface area contributed by atoms with Crippen molar-refractivity contribution in [3.8, 4) is 0 Å². The summed E-state index contributed by atoms with van der Waals surface area (Å²) in [5, 5.41) is 4.12. The van der Waals surface area contributed by atoms with Crippen LogP contribution in [0.4, 0.5) is 4.39 Å². The minimum Gasteiger partial charge on any atom is -0.327 e. The fourth-order valence-electron chi connectivity index (χ4n) is 1.62. The minimum absolute atomic E-state index is 0.00247. The first kappa shape index (κ1) is 12.2. The van der Waals surface area contributed by atoms with E-state index >= 15 is 0 Å². The van der Waals surface area contributed by atoms with Crippen LogP contribution in [0.15, 0.2) is 12.4 Å². The van der Waals surface area contributed by atoms with E-state index in [4.69, 9.17) is 5.73 Å². The molecule has 0 aromatic carbocycles. The highest BCUT2D eigenvalue weighted by atomic mass is 19.1. The highest BCUT2D eigenvalue weighted by molar-refractivity contribution is 5.17. The Morgan fingerprint density at radius 2 is 2.27 bits per heavy atom. The molecule has 3 nitrogen and oxygen atoms in total. The van der Waals surface area contributed by atoms with E-state index in [0.717, 1.165) is 13.0 Å². The summed E-state index contributed by atoms with van der Waals surface area (Å²) >= 11 is 0. The van der Waals surface area contributed by atoms with Crippen LogP contribution in [0.1, 0.15) is 32.8 Å². The maximum absolute atomic E-state index is 14.5. The van der Waals surface area contributed by atoms with Crippen molar-refractivity contribution in [2.24, 2.45) is 11.7 Å². The lowest BCUT2D eigenvalue weighted by molar-refractivity contribution is 0.109. The van der Waals surface area contributed by atoms with E-state index in [1.54, 1.807) is 17.1 Å². The summed E-state index contributed by atoms with van der Waals surface area (Å²) in [6, 6.07) is 0. The molecule has 1 heterocycles. The quantitative estimate of drug-likeness (QED) is 0.813. The molecule has 0 saturated carbocycles. The van der Waals surface area contributed by atoms with E-state index in [0.29, 0.717) is 5.56 Å². The molecule has 1 unspecified atom stereocenters. The molecule has 15 heavy (non-hydrogen) atoms. The van der Waals surface area contributed by atoms with Crippen LogP contribution in [0, 0.1) is 5.92 Å². The number of halogens is 1. The van der Waals surface area contributed by atoms with Crippen molar-refractivity contribution in [3.05, 3.63) is 18.0 Å². The number of alkyl halides is 1. The van der Waals surface area contributed by atoms with Gasteiger partial charge in [0.1, 0.15) is 0 Å². The van der Waals surface area contributed by atoms with E-state index in [-0.39, 0.29) is 12.5 Å². The molecule has 0 bridgehead atoms. The molecule has 1 aromatic heterocycles. The standard InChI is InChI=1S/C11H20FN3/c1-4-5-15-7-10(6-14-15)11(12,8-13)9(2)3/h6-7,9H,4-5,8,13H2,1-3H3. The van der Waals surface area contributed by atoms with Gasteiger partial charge in [-0.3, -0.25) is 4.68 Å². The van der Waals surface area contributed by atoms with Crippen LogP contribution < -0.4 is 5.73 Å². The molecular weight excluding hydrogens is 193 g/mol. The van der Waals surface area contributed by atoms with Gasteiger partial charge < -0.3 is 5.73 Å². The fourth-order valence-corrected chi connectivity index (χ4v) is 1.62. The molecule has 0 saturated heterocycles. The number of hydrogen-bond donors (Lipinski definition) is 1. The summed E-state index contributed by atoms with van der Waals surface area (Å²) in [6.45, 7) is 6.56. The van der Waals surface area contributed by atoms with Gasteiger partial charge >= 0.3 is 0 Å². The van der Waals surface area contributed by atoms with Crippen molar-refractivity contribution < 1.29 is 4.39 Å². The van der Waals surface area contributed by atoms with Crippen LogP contribution in [0.5, 0.6) is 0 Å². The molecule has 4 heteroatoms. The summed E-state index contributed by atoms with van der Waals surface area (Å²) in [5.74, 6) is -0.137. The average molecular weight is 213 g/mol. The van der Waals surface area contributed by atoms with Gasteiger partial charge in [0.05, 0.1) is 6.20 Å². The Morgan fingerprint density at radius 3 is 2.73 bits per heavy atom. The first-order valence-corrected chi connectivity index (χ1v) is 5.46. The van der Waals surface area contributed by atoms with E-state index in [1.807, 2.05) is 13.8 Å². The lowest BCUT2D eigenvalue weighted by Gasteiger charge is -2.26. The van der Waals surface area contributed by atoms with Gasteiger partial charge in [0.15, 0.2) is 5.67 Å². The molecule has 0 aliphatic rings. The van der Waals surface area contributed by atoms with Gasteiger partial charge in [-0.15, -0.1) is 0 Å². The predicted molar refractivity (Wildman–Crippen MR) is 59.2 cm³/mol. The van der Waals surface area contributed by atoms with Gasteiger partial charge in [-0.2, -0.15) is 5.10 Å². The summed E-state index contributed by atoms with van der Waals surface area (Å²) in [4.78, 5) is 0. The molecule has 0 spiro atoms. The third-order valence-corrected chi connectivity index (χ3v) is 2.78. The molecule has 0 radical (unpaired) electrons. The Morgan fingerprint density at radius 1 is 1.60 bits per heavy atom.